The van der Waals surface area contributed by atoms with Gasteiger partial charge in [-0.2, -0.15) is 4.98 Å². The summed E-state index contributed by atoms with van der Waals surface area (Å²) in [7, 11) is 0. The van der Waals surface area contributed by atoms with Gasteiger partial charge >= 0.3 is 34.7 Å². The molecule has 156 valence electrons. The zero-order chi connectivity index (χ0) is 20.4. The van der Waals surface area contributed by atoms with Gasteiger partial charge in [0.2, 0.25) is 0 Å². The Morgan fingerprint density at radius 3 is 2.83 bits per heavy atom. The van der Waals surface area contributed by atoms with Gasteiger partial charge in [-0.25, -0.2) is 0 Å². The average Bonchev–Trinajstić information content (AvgIpc) is 3.27. The van der Waals surface area contributed by atoms with E-state index in [0.29, 0.717) is 18.4 Å². The van der Waals surface area contributed by atoms with Crippen LogP contribution in [0.3, 0.4) is 0 Å². The third kappa shape index (κ3) is 5.56. The van der Waals surface area contributed by atoms with Crippen LogP contribution in [0.2, 0.25) is 0 Å². The molecule has 2 atom stereocenters. The maximum absolute atomic E-state index is 12.8. The Balaban J connectivity index is 0.00000256. The number of hydrogen-bond donors (Lipinski definition) is 1. The first-order chi connectivity index (χ1) is 13.9. The Hall–Kier alpha value is -1.13. The number of aromatic amines is 1. The number of fused-ring (bicyclic) bond motifs is 1. The maximum atomic E-state index is 12.8. The number of H-pyrrole nitrogens is 1. The quantitative estimate of drug-likeness (QED) is 0.450. The third-order valence-electron chi connectivity index (χ3n) is 4.87. The van der Waals surface area contributed by atoms with E-state index < -0.39 is 17.0 Å². The summed E-state index contributed by atoms with van der Waals surface area (Å²) in [6.45, 7) is 6.85. The van der Waals surface area contributed by atoms with Crippen molar-refractivity contribution in [2.45, 2.75) is 50.0 Å². The first kappa shape index (κ1) is 23.5. The van der Waals surface area contributed by atoms with Crippen molar-refractivity contribution >= 4 is 51.8 Å². The van der Waals surface area contributed by atoms with E-state index in [4.69, 9.17) is 14.2 Å². The standard InChI is InChI=1S/C21H25N3O4S.Na.H/c1-14-18(13-29(25)20-23-16-6-4-5-7-17(16)24-20)22-10-8-19(14)26-11-9-15-12-27-21(2,3)28-15;;/h4-8,10,15H,9,11-13H2,1-3H3,(H,23,24);;/t15-,29?;;/m1../s1. The molecule has 0 radical (unpaired) electrons. The number of nitrogens with one attached hydrogen (secondary N) is 1. The van der Waals surface area contributed by atoms with Gasteiger partial charge in [0.05, 0.1) is 36.0 Å². The summed E-state index contributed by atoms with van der Waals surface area (Å²) in [6.07, 6.45) is 2.46. The number of pyridine rings is 1. The molecule has 3 aromatic rings. The molecule has 1 aliphatic rings. The Kier molecular flexibility index (Phi) is 7.84. The zero-order valence-corrected chi connectivity index (χ0v) is 17.6. The van der Waals surface area contributed by atoms with E-state index >= 15 is 0 Å². The van der Waals surface area contributed by atoms with Gasteiger partial charge in [-0.05, 0) is 39.0 Å². The molecule has 1 aromatic carbocycles. The van der Waals surface area contributed by atoms with Crippen LogP contribution in [0.1, 0.15) is 31.5 Å². The molecular weight excluding hydrogens is 413 g/mol. The van der Waals surface area contributed by atoms with Crippen LogP contribution in [-0.4, -0.2) is 74.2 Å². The summed E-state index contributed by atoms with van der Waals surface area (Å²) in [4.78, 5) is 12.0. The fraction of sp³-hybridized carbons (Fsp3) is 0.429. The summed E-state index contributed by atoms with van der Waals surface area (Å²) < 4.78 is 30.1. The second-order valence-electron chi connectivity index (χ2n) is 7.52. The minimum absolute atomic E-state index is 0. The van der Waals surface area contributed by atoms with Gasteiger partial charge in [-0.3, -0.25) is 9.97 Å². The molecule has 7 nitrogen and oxygen atoms in total. The third-order valence-corrected chi connectivity index (χ3v) is 6.03. The topological polar surface area (TPSA) is 92.3 Å². The number of aromatic nitrogens is 3. The van der Waals surface area contributed by atoms with E-state index in [1.807, 2.05) is 51.1 Å². The SMILES string of the molecule is Cc1c(OCC[C@@H]2COC(C)(C)O2)ccnc1C[S+]([O-])c1nc2ccccc2[nH]1.[NaH]. The van der Waals surface area contributed by atoms with Crippen LogP contribution in [0, 0.1) is 6.92 Å². The summed E-state index contributed by atoms with van der Waals surface area (Å²) in [5.41, 5.74) is 3.31. The normalized spacial score (nSPS) is 18.9. The fourth-order valence-corrected chi connectivity index (χ4v) is 4.40. The van der Waals surface area contributed by atoms with Gasteiger partial charge in [0.15, 0.2) is 11.5 Å². The number of hydrogen-bond acceptors (Lipinski definition) is 6. The molecule has 30 heavy (non-hydrogen) atoms. The van der Waals surface area contributed by atoms with Gasteiger partial charge in [0, 0.05) is 29.4 Å². The molecule has 0 aliphatic carbocycles. The Morgan fingerprint density at radius 2 is 2.10 bits per heavy atom. The summed E-state index contributed by atoms with van der Waals surface area (Å²) in [5, 5.41) is 0.458. The number of imidazole rings is 1. The van der Waals surface area contributed by atoms with Crippen LogP contribution < -0.4 is 4.74 Å². The first-order valence-corrected chi connectivity index (χ1v) is 11.0. The molecule has 0 amide bonds. The fourth-order valence-electron chi connectivity index (χ4n) is 3.30. The monoisotopic (exact) mass is 439 g/mol. The molecule has 0 bridgehead atoms. The van der Waals surface area contributed by atoms with Crippen molar-refractivity contribution in [1.29, 1.82) is 0 Å². The van der Waals surface area contributed by atoms with Gasteiger partial charge in [-0.1, -0.05) is 12.1 Å². The van der Waals surface area contributed by atoms with Crippen molar-refractivity contribution in [1.82, 2.24) is 15.0 Å². The first-order valence-electron chi connectivity index (χ1n) is 9.63. The van der Waals surface area contributed by atoms with E-state index in [1.54, 1.807) is 6.20 Å². The van der Waals surface area contributed by atoms with Crippen molar-refractivity contribution in [3.05, 3.63) is 47.8 Å². The summed E-state index contributed by atoms with van der Waals surface area (Å²) in [6, 6.07) is 9.47. The Bertz CT molecular complexity index is 964. The molecule has 3 heterocycles. The minimum atomic E-state index is -1.32. The number of rotatable bonds is 7. The van der Waals surface area contributed by atoms with Gasteiger partial charge in [-0.15, -0.1) is 0 Å². The van der Waals surface area contributed by atoms with E-state index in [1.165, 1.54) is 0 Å². The van der Waals surface area contributed by atoms with Crippen molar-refractivity contribution < 1.29 is 18.8 Å². The van der Waals surface area contributed by atoms with E-state index in [9.17, 15) is 4.55 Å². The van der Waals surface area contributed by atoms with Crippen LogP contribution in [0.25, 0.3) is 11.0 Å². The predicted molar refractivity (Wildman–Crippen MR) is 117 cm³/mol. The van der Waals surface area contributed by atoms with Gasteiger partial charge in [0.25, 0.3) is 0 Å². The predicted octanol–water partition coefficient (Wildman–Crippen LogP) is 2.85. The average molecular weight is 440 g/mol. The van der Waals surface area contributed by atoms with E-state index in [0.717, 1.165) is 34.5 Å². The van der Waals surface area contributed by atoms with Crippen molar-refractivity contribution in [2.24, 2.45) is 0 Å². The van der Waals surface area contributed by atoms with Crippen molar-refractivity contribution in [2.75, 3.05) is 13.2 Å². The van der Waals surface area contributed by atoms with E-state index in [-0.39, 0.29) is 41.4 Å². The van der Waals surface area contributed by atoms with E-state index in [2.05, 4.69) is 15.0 Å². The Morgan fingerprint density at radius 1 is 1.30 bits per heavy atom. The molecule has 1 N–H and O–H groups in total. The molecule has 1 aliphatic heterocycles. The van der Waals surface area contributed by atoms with Crippen LogP contribution in [0.5, 0.6) is 5.75 Å². The number of benzene rings is 1. The van der Waals surface area contributed by atoms with Crippen LogP contribution >= 0.6 is 0 Å². The number of ether oxygens (including phenoxy) is 3. The molecular formula is C21H26N3NaO4S. The number of para-hydroxylation sites is 2. The molecule has 4 rings (SSSR count). The molecule has 0 spiro atoms. The number of nitrogens with zero attached hydrogens (tertiary/aromatic N) is 2. The summed E-state index contributed by atoms with van der Waals surface area (Å²) in [5.74, 6) is 0.497. The second-order valence-corrected chi connectivity index (χ2v) is 8.88. The second kappa shape index (κ2) is 9.99. The zero-order valence-electron chi connectivity index (χ0n) is 16.8. The van der Waals surface area contributed by atoms with Crippen molar-refractivity contribution in [3.63, 3.8) is 0 Å². The summed E-state index contributed by atoms with van der Waals surface area (Å²) >= 11 is -1.32. The molecule has 1 saturated heterocycles. The molecule has 1 unspecified atom stereocenters. The molecule has 1 fully saturated rings. The molecule has 0 saturated carbocycles. The molecule has 9 heteroatoms. The van der Waals surface area contributed by atoms with Crippen LogP contribution in [0.15, 0.2) is 41.7 Å². The molecule has 2 aromatic heterocycles. The van der Waals surface area contributed by atoms with Gasteiger partial charge in [0.1, 0.15) is 5.75 Å². The van der Waals surface area contributed by atoms with Crippen LogP contribution in [-0.2, 0) is 26.4 Å². The Labute approximate surface area is 201 Å². The van der Waals surface area contributed by atoms with Gasteiger partial charge < -0.3 is 18.8 Å². The van der Waals surface area contributed by atoms with Crippen molar-refractivity contribution in [3.8, 4) is 5.75 Å². The van der Waals surface area contributed by atoms with Crippen LogP contribution in [0.4, 0.5) is 0 Å².